The van der Waals surface area contributed by atoms with Crippen LogP contribution in [0.2, 0.25) is 0 Å². The SMILES string of the molecule is COC1C=CC=CC1=O. The second-order valence-corrected chi connectivity index (χ2v) is 1.80. The normalized spacial score (nSPS) is 25.0. The van der Waals surface area contributed by atoms with Gasteiger partial charge in [0.25, 0.3) is 0 Å². The third-order valence-electron chi connectivity index (χ3n) is 1.19. The Hall–Kier alpha value is -0.890. The van der Waals surface area contributed by atoms with E-state index in [4.69, 9.17) is 4.74 Å². The highest BCUT2D eigenvalue weighted by Gasteiger charge is 2.11. The minimum Gasteiger partial charge on any atom is -0.369 e. The van der Waals surface area contributed by atoms with Gasteiger partial charge in [0.15, 0.2) is 5.78 Å². The first-order valence-corrected chi connectivity index (χ1v) is 2.76. The molecule has 0 saturated heterocycles. The summed E-state index contributed by atoms with van der Waals surface area (Å²) >= 11 is 0. The van der Waals surface area contributed by atoms with E-state index in [1.54, 1.807) is 18.2 Å². The summed E-state index contributed by atoms with van der Waals surface area (Å²) in [6.07, 6.45) is 6.39. The fourth-order valence-corrected chi connectivity index (χ4v) is 0.700. The summed E-state index contributed by atoms with van der Waals surface area (Å²) in [5.41, 5.74) is 0. The van der Waals surface area contributed by atoms with Crippen molar-refractivity contribution in [3.8, 4) is 0 Å². The van der Waals surface area contributed by atoms with Gasteiger partial charge < -0.3 is 4.74 Å². The highest BCUT2D eigenvalue weighted by atomic mass is 16.5. The Morgan fingerprint density at radius 3 is 2.78 bits per heavy atom. The van der Waals surface area contributed by atoms with Gasteiger partial charge in [-0.1, -0.05) is 12.2 Å². The number of hydrogen-bond donors (Lipinski definition) is 0. The van der Waals surface area contributed by atoms with Crippen LogP contribution in [-0.2, 0) is 9.53 Å². The molecule has 1 atom stereocenters. The predicted octanol–water partition coefficient (Wildman–Crippen LogP) is 0.697. The maximum atomic E-state index is 10.8. The van der Waals surface area contributed by atoms with Crippen molar-refractivity contribution in [2.24, 2.45) is 0 Å². The summed E-state index contributed by atoms with van der Waals surface area (Å²) in [5, 5.41) is 0. The van der Waals surface area contributed by atoms with Crippen molar-refractivity contribution in [1.29, 1.82) is 0 Å². The van der Waals surface area contributed by atoms with Crippen LogP contribution < -0.4 is 0 Å². The molecule has 0 aromatic carbocycles. The van der Waals surface area contributed by atoms with Crippen molar-refractivity contribution in [3.05, 3.63) is 24.3 Å². The van der Waals surface area contributed by atoms with Gasteiger partial charge in [-0.15, -0.1) is 0 Å². The van der Waals surface area contributed by atoms with Crippen LogP contribution in [0.15, 0.2) is 24.3 Å². The Balaban J connectivity index is 2.66. The van der Waals surface area contributed by atoms with Crippen molar-refractivity contribution in [2.75, 3.05) is 7.11 Å². The molecule has 0 spiro atoms. The molecule has 2 nitrogen and oxygen atoms in total. The number of ether oxygens (including phenoxy) is 1. The van der Waals surface area contributed by atoms with Crippen LogP contribution in [0.4, 0.5) is 0 Å². The molecule has 0 aromatic rings. The smallest absolute Gasteiger partial charge is 0.188 e. The molecule has 0 heterocycles. The molecule has 0 saturated carbocycles. The highest BCUT2D eigenvalue weighted by molar-refractivity contribution is 5.96. The van der Waals surface area contributed by atoms with E-state index in [9.17, 15) is 4.79 Å². The summed E-state index contributed by atoms with van der Waals surface area (Å²) in [6.45, 7) is 0. The van der Waals surface area contributed by atoms with E-state index in [1.807, 2.05) is 0 Å². The number of ketones is 1. The molecular formula is C7H8O2. The van der Waals surface area contributed by atoms with E-state index in [-0.39, 0.29) is 11.9 Å². The van der Waals surface area contributed by atoms with E-state index in [0.717, 1.165) is 0 Å². The molecule has 0 amide bonds. The van der Waals surface area contributed by atoms with Crippen molar-refractivity contribution in [2.45, 2.75) is 6.10 Å². The molecule has 48 valence electrons. The number of methoxy groups -OCH3 is 1. The molecule has 0 aromatic heterocycles. The minimum absolute atomic E-state index is 0.0139. The van der Waals surface area contributed by atoms with Gasteiger partial charge in [-0.2, -0.15) is 0 Å². The van der Waals surface area contributed by atoms with E-state index in [2.05, 4.69) is 0 Å². The summed E-state index contributed by atoms with van der Waals surface area (Å²) in [4.78, 5) is 10.8. The van der Waals surface area contributed by atoms with Crippen LogP contribution in [0.5, 0.6) is 0 Å². The van der Waals surface area contributed by atoms with Crippen LogP contribution in [0, 0.1) is 0 Å². The van der Waals surface area contributed by atoms with Gasteiger partial charge in [0, 0.05) is 7.11 Å². The zero-order chi connectivity index (χ0) is 6.69. The zero-order valence-corrected chi connectivity index (χ0v) is 5.20. The first kappa shape index (κ1) is 6.23. The van der Waals surface area contributed by atoms with E-state index in [0.29, 0.717) is 0 Å². The lowest BCUT2D eigenvalue weighted by atomic mass is 10.1. The van der Waals surface area contributed by atoms with Crippen LogP contribution in [0.3, 0.4) is 0 Å². The average Bonchev–Trinajstić information content (AvgIpc) is 1.89. The van der Waals surface area contributed by atoms with Crippen molar-refractivity contribution >= 4 is 5.78 Å². The van der Waals surface area contributed by atoms with Crippen LogP contribution in [-0.4, -0.2) is 19.0 Å². The van der Waals surface area contributed by atoms with Crippen LogP contribution in [0.1, 0.15) is 0 Å². The van der Waals surface area contributed by atoms with Gasteiger partial charge in [0.05, 0.1) is 0 Å². The average molecular weight is 124 g/mol. The Bertz CT molecular complexity index is 168. The number of hydrogen-bond acceptors (Lipinski definition) is 2. The quantitative estimate of drug-likeness (QED) is 0.514. The molecule has 0 fully saturated rings. The fraction of sp³-hybridized carbons (Fsp3) is 0.286. The number of rotatable bonds is 1. The van der Waals surface area contributed by atoms with Gasteiger partial charge in [-0.05, 0) is 12.2 Å². The largest absolute Gasteiger partial charge is 0.369 e. The van der Waals surface area contributed by atoms with Crippen molar-refractivity contribution < 1.29 is 9.53 Å². The highest BCUT2D eigenvalue weighted by Crippen LogP contribution is 2.01. The Morgan fingerprint density at radius 1 is 1.56 bits per heavy atom. The van der Waals surface area contributed by atoms with Crippen LogP contribution in [0.25, 0.3) is 0 Å². The lowest BCUT2D eigenvalue weighted by molar-refractivity contribution is -0.121. The second kappa shape index (κ2) is 2.60. The molecule has 1 aliphatic rings. The summed E-state index contributed by atoms with van der Waals surface area (Å²) in [6, 6.07) is 0. The predicted molar refractivity (Wildman–Crippen MR) is 34.1 cm³/mol. The molecule has 1 unspecified atom stereocenters. The lowest BCUT2D eigenvalue weighted by Gasteiger charge is -2.07. The Kier molecular flexibility index (Phi) is 1.80. The minimum atomic E-state index is -0.352. The maximum Gasteiger partial charge on any atom is 0.188 e. The number of carbonyl (C=O) groups is 1. The molecule has 1 rings (SSSR count). The first-order chi connectivity index (χ1) is 4.34. The summed E-state index contributed by atoms with van der Waals surface area (Å²) in [5.74, 6) is 0.0139. The Morgan fingerprint density at radius 2 is 2.33 bits per heavy atom. The monoisotopic (exact) mass is 124 g/mol. The van der Waals surface area contributed by atoms with E-state index < -0.39 is 0 Å². The van der Waals surface area contributed by atoms with Gasteiger partial charge >= 0.3 is 0 Å². The zero-order valence-electron chi connectivity index (χ0n) is 5.20. The molecule has 0 bridgehead atoms. The molecule has 0 N–H and O–H groups in total. The third-order valence-corrected chi connectivity index (χ3v) is 1.19. The fourth-order valence-electron chi connectivity index (χ4n) is 0.700. The number of carbonyl (C=O) groups excluding carboxylic acids is 1. The van der Waals surface area contributed by atoms with Crippen LogP contribution >= 0.6 is 0 Å². The summed E-state index contributed by atoms with van der Waals surface area (Å²) < 4.78 is 4.82. The third kappa shape index (κ3) is 1.27. The summed E-state index contributed by atoms with van der Waals surface area (Å²) in [7, 11) is 1.52. The topological polar surface area (TPSA) is 26.3 Å². The molecule has 0 radical (unpaired) electrons. The molecule has 1 aliphatic carbocycles. The maximum absolute atomic E-state index is 10.8. The van der Waals surface area contributed by atoms with Gasteiger partial charge in [-0.25, -0.2) is 0 Å². The second-order valence-electron chi connectivity index (χ2n) is 1.80. The first-order valence-electron chi connectivity index (χ1n) is 2.76. The van der Waals surface area contributed by atoms with Crippen molar-refractivity contribution in [3.63, 3.8) is 0 Å². The van der Waals surface area contributed by atoms with Gasteiger partial charge in [0.1, 0.15) is 6.10 Å². The van der Waals surface area contributed by atoms with Gasteiger partial charge in [0.2, 0.25) is 0 Å². The van der Waals surface area contributed by atoms with Gasteiger partial charge in [-0.3, -0.25) is 4.79 Å². The molecule has 2 heteroatoms. The lowest BCUT2D eigenvalue weighted by Crippen LogP contribution is -2.19. The molecule has 9 heavy (non-hydrogen) atoms. The molecule has 0 aliphatic heterocycles. The molecular weight excluding hydrogens is 116 g/mol. The Labute approximate surface area is 53.8 Å². The van der Waals surface area contributed by atoms with E-state index in [1.165, 1.54) is 13.2 Å². The van der Waals surface area contributed by atoms with E-state index >= 15 is 0 Å². The van der Waals surface area contributed by atoms with Crippen molar-refractivity contribution in [1.82, 2.24) is 0 Å². The standard InChI is InChI=1S/C7H8O2/c1-9-7-5-3-2-4-6(7)8/h2-5,7H,1H3. The number of allylic oxidation sites excluding steroid dienone is 2.